The van der Waals surface area contributed by atoms with E-state index in [0.717, 1.165) is 10.9 Å². The van der Waals surface area contributed by atoms with E-state index >= 15 is 0 Å². The van der Waals surface area contributed by atoms with Gasteiger partial charge in [0.05, 0.1) is 11.7 Å². The quantitative estimate of drug-likeness (QED) is 0.878. The molecular weight excluding hydrogens is 240 g/mol. The Balaban J connectivity index is 2.07. The Morgan fingerprint density at radius 1 is 1.42 bits per heavy atom. The lowest BCUT2D eigenvalue weighted by Crippen LogP contribution is -2.48. The first-order chi connectivity index (χ1) is 8.90. The van der Waals surface area contributed by atoms with Crippen molar-refractivity contribution in [3.63, 3.8) is 0 Å². The van der Waals surface area contributed by atoms with E-state index in [4.69, 9.17) is 0 Å². The van der Waals surface area contributed by atoms with E-state index in [1.54, 1.807) is 6.20 Å². The lowest BCUT2D eigenvalue weighted by molar-refractivity contribution is 0.0920. The first-order valence-corrected chi connectivity index (χ1v) is 6.29. The monoisotopic (exact) mass is 260 g/mol. The van der Waals surface area contributed by atoms with Gasteiger partial charge in [-0.2, -0.15) is 5.10 Å². The summed E-state index contributed by atoms with van der Waals surface area (Å²) in [4.78, 5) is 14.2. The van der Waals surface area contributed by atoms with Gasteiger partial charge < -0.3 is 10.2 Å². The maximum atomic E-state index is 12.1. The molecule has 0 aliphatic rings. The van der Waals surface area contributed by atoms with Crippen LogP contribution in [0.2, 0.25) is 0 Å². The molecule has 1 heterocycles. The van der Waals surface area contributed by atoms with Gasteiger partial charge >= 0.3 is 0 Å². The number of likely N-dealkylation sites (N-methyl/N-ethyl adjacent to an activating group) is 1. The van der Waals surface area contributed by atoms with Crippen molar-refractivity contribution in [2.75, 3.05) is 20.6 Å². The van der Waals surface area contributed by atoms with Gasteiger partial charge in [-0.25, -0.2) is 0 Å². The Kier molecular flexibility index (Phi) is 3.57. The average Bonchev–Trinajstić information content (AvgIpc) is 2.82. The molecule has 0 radical (unpaired) electrons. The van der Waals surface area contributed by atoms with Crippen molar-refractivity contribution in [1.82, 2.24) is 20.4 Å². The molecule has 1 amide bonds. The highest BCUT2D eigenvalue weighted by atomic mass is 16.1. The average molecular weight is 260 g/mol. The fourth-order valence-electron chi connectivity index (χ4n) is 1.64. The molecule has 2 rings (SSSR count). The number of hydrogen-bond donors (Lipinski definition) is 2. The summed E-state index contributed by atoms with van der Waals surface area (Å²) >= 11 is 0. The zero-order chi connectivity index (χ0) is 14.0. The maximum absolute atomic E-state index is 12.1. The summed E-state index contributed by atoms with van der Waals surface area (Å²) < 4.78 is 0. The van der Waals surface area contributed by atoms with Gasteiger partial charge in [-0.3, -0.25) is 9.89 Å². The normalized spacial score (nSPS) is 12.1. The minimum atomic E-state index is -0.0756. The smallest absolute Gasteiger partial charge is 0.251 e. The van der Waals surface area contributed by atoms with Crippen molar-refractivity contribution >= 4 is 16.8 Å². The van der Waals surface area contributed by atoms with E-state index in [1.807, 2.05) is 32.3 Å². The van der Waals surface area contributed by atoms with E-state index in [1.165, 1.54) is 0 Å². The molecule has 1 aromatic heterocycles. The fourth-order valence-corrected chi connectivity index (χ4v) is 1.64. The molecule has 0 saturated carbocycles. The van der Waals surface area contributed by atoms with Crippen LogP contribution in [0.3, 0.4) is 0 Å². The van der Waals surface area contributed by atoms with Crippen LogP contribution in [0.15, 0.2) is 24.4 Å². The summed E-state index contributed by atoms with van der Waals surface area (Å²) in [6.45, 7) is 4.77. The van der Waals surface area contributed by atoms with Crippen molar-refractivity contribution < 1.29 is 4.79 Å². The number of aromatic amines is 1. The predicted molar refractivity (Wildman–Crippen MR) is 76.2 cm³/mol. The van der Waals surface area contributed by atoms with Gasteiger partial charge in [0.2, 0.25) is 0 Å². The van der Waals surface area contributed by atoms with Crippen LogP contribution in [0.1, 0.15) is 24.2 Å². The van der Waals surface area contributed by atoms with Gasteiger partial charge in [0.1, 0.15) is 0 Å². The number of nitrogens with zero attached hydrogens (tertiary/aromatic N) is 2. The Morgan fingerprint density at radius 3 is 2.84 bits per heavy atom. The van der Waals surface area contributed by atoms with Gasteiger partial charge in [0.25, 0.3) is 5.91 Å². The van der Waals surface area contributed by atoms with Crippen LogP contribution in [-0.4, -0.2) is 47.2 Å². The van der Waals surface area contributed by atoms with Crippen molar-refractivity contribution in [2.45, 2.75) is 19.4 Å². The lowest BCUT2D eigenvalue weighted by atomic mass is 10.0. The van der Waals surface area contributed by atoms with Crippen LogP contribution >= 0.6 is 0 Å². The molecule has 102 valence electrons. The predicted octanol–water partition coefficient (Wildman–Crippen LogP) is 1.63. The molecular formula is C14H20N4O. The van der Waals surface area contributed by atoms with Gasteiger partial charge in [0.15, 0.2) is 0 Å². The Morgan fingerprint density at radius 2 is 2.16 bits per heavy atom. The summed E-state index contributed by atoms with van der Waals surface area (Å²) in [5, 5.41) is 10.8. The minimum Gasteiger partial charge on any atom is -0.350 e. The number of hydrogen-bond acceptors (Lipinski definition) is 3. The molecule has 0 aliphatic heterocycles. The number of H-pyrrole nitrogens is 1. The SMILES string of the molecule is CN(C)C(C)(C)CNC(=O)c1ccc2cn[nH]c2c1. The van der Waals surface area contributed by atoms with Crippen LogP contribution in [0, 0.1) is 0 Å². The van der Waals surface area contributed by atoms with Crippen molar-refractivity contribution in [3.05, 3.63) is 30.0 Å². The number of carbonyl (C=O) groups excluding carboxylic acids is 1. The molecule has 0 spiro atoms. The first-order valence-electron chi connectivity index (χ1n) is 6.29. The van der Waals surface area contributed by atoms with Crippen LogP contribution in [0.5, 0.6) is 0 Å². The highest BCUT2D eigenvalue weighted by Crippen LogP contribution is 2.13. The zero-order valence-electron chi connectivity index (χ0n) is 11.8. The maximum Gasteiger partial charge on any atom is 0.251 e. The van der Waals surface area contributed by atoms with E-state index in [9.17, 15) is 4.79 Å². The molecule has 0 saturated heterocycles. The highest BCUT2D eigenvalue weighted by Gasteiger charge is 2.21. The lowest BCUT2D eigenvalue weighted by Gasteiger charge is -2.32. The molecule has 5 nitrogen and oxygen atoms in total. The summed E-state index contributed by atoms with van der Waals surface area (Å²) in [6, 6.07) is 5.53. The minimum absolute atomic E-state index is 0.0635. The molecule has 0 bridgehead atoms. The second-order valence-electron chi connectivity index (χ2n) is 5.56. The van der Waals surface area contributed by atoms with E-state index in [-0.39, 0.29) is 11.4 Å². The van der Waals surface area contributed by atoms with E-state index in [0.29, 0.717) is 12.1 Å². The van der Waals surface area contributed by atoms with Crippen LogP contribution < -0.4 is 5.32 Å². The highest BCUT2D eigenvalue weighted by molar-refractivity contribution is 5.97. The Hall–Kier alpha value is -1.88. The van der Waals surface area contributed by atoms with Gasteiger partial charge in [-0.05, 0) is 40.1 Å². The molecule has 2 N–H and O–H groups in total. The summed E-state index contributed by atoms with van der Waals surface area (Å²) in [5.41, 5.74) is 1.44. The number of amides is 1. The van der Waals surface area contributed by atoms with Crippen molar-refractivity contribution in [1.29, 1.82) is 0 Å². The molecule has 1 aromatic carbocycles. The number of fused-ring (bicyclic) bond motifs is 1. The third-order valence-electron chi connectivity index (χ3n) is 3.60. The van der Waals surface area contributed by atoms with Gasteiger partial charge in [0, 0.05) is 23.0 Å². The third-order valence-corrected chi connectivity index (χ3v) is 3.60. The number of aromatic nitrogens is 2. The van der Waals surface area contributed by atoms with Crippen molar-refractivity contribution in [2.24, 2.45) is 0 Å². The molecule has 19 heavy (non-hydrogen) atoms. The summed E-state index contributed by atoms with van der Waals surface area (Å²) in [6.07, 6.45) is 1.74. The van der Waals surface area contributed by atoms with Gasteiger partial charge in [-0.1, -0.05) is 6.07 Å². The zero-order valence-corrected chi connectivity index (χ0v) is 11.8. The third kappa shape index (κ3) is 2.93. The fraction of sp³-hybridized carbons (Fsp3) is 0.429. The topological polar surface area (TPSA) is 61.0 Å². The Labute approximate surface area is 113 Å². The van der Waals surface area contributed by atoms with E-state index in [2.05, 4.69) is 34.3 Å². The van der Waals surface area contributed by atoms with E-state index < -0.39 is 0 Å². The Bertz CT molecular complexity index is 586. The summed E-state index contributed by atoms with van der Waals surface area (Å²) in [7, 11) is 4.01. The first kappa shape index (κ1) is 13.5. The second-order valence-corrected chi connectivity index (χ2v) is 5.56. The molecule has 0 fully saturated rings. The standard InChI is InChI=1S/C14H20N4O/c1-14(2,18(3)4)9-15-13(19)10-5-6-11-8-16-17-12(11)7-10/h5-8H,9H2,1-4H3,(H,15,19)(H,16,17). The summed E-state index contributed by atoms with van der Waals surface area (Å²) in [5.74, 6) is -0.0635. The van der Waals surface area contributed by atoms with Crippen molar-refractivity contribution in [3.8, 4) is 0 Å². The van der Waals surface area contributed by atoms with Gasteiger partial charge in [-0.15, -0.1) is 0 Å². The molecule has 5 heteroatoms. The molecule has 0 unspecified atom stereocenters. The second kappa shape index (κ2) is 5.01. The number of nitrogens with one attached hydrogen (secondary N) is 2. The molecule has 0 atom stereocenters. The molecule has 0 aliphatic carbocycles. The number of rotatable bonds is 4. The van der Waals surface area contributed by atoms with Crippen LogP contribution in [-0.2, 0) is 0 Å². The van der Waals surface area contributed by atoms with Crippen LogP contribution in [0.4, 0.5) is 0 Å². The van der Waals surface area contributed by atoms with Crippen LogP contribution in [0.25, 0.3) is 10.9 Å². The number of benzene rings is 1. The largest absolute Gasteiger partial charge is 0.350 e. The molecule has 2 aromatic rings. The number of carbonyl (C=O) groups is 1.